The van der Waals surface area contributed by atoms with Crippen molar-refractivity contribution in [1.29, 1.82) is 0 Å². The van der Waals surface area contributed by atoms with Crippen LogP contribution in [0.3, 0.4) is 0 Å². The average molecular weight is 423 g/mol. The van der Waals surface area contributed by atoms with Crippen molar-refractivity contribution < 1.29 is 29.3 Å². The molecule has 0 aliphatic carbocycles. The molecular weight excluding hydrogens is 388 g/mol. The minimum Gasteiger partial charge on any atom is -0.443 e. The minimum atomic E-state index is -1.29. The molecule has 3 N–H and O–H groups in total. The van der Waals surface area contributed by atoms with Gasteiger partial charge >= 0.3 is 12.2 Å². The van der Waals surface area contributed by atoms with Crippen LogP contribution in [0.2, 0.25) is 0 Å². The van der Waals surface area contributed by atoms with Crippen molar-refractivity contribution in [3.05, 3.63) is 41.5 Å². The lowest BCUT2D eigenvalue weighted by atomic mass is 10.1. The number of aliphatic hydroxyl groups excluding tert-OH is 2. The Balaban J connectivity index is 3.07. The van der Waals surface area contributed by atoms with E-state index in [0.29, 0.717) is 0 Å². The zero-order valence-corrected chi connectivity index (χ0v) is 18.8. The number of nitrogens with one attached hydrogen (secondary N) is 1. The third-order valence-electron chi connectivity index (χ3n) is 3.68. The fraction of sp³-hybridized carbons (Fsp3) is 0.545. The molecule has 0 aliphatic heterocycles. The van der Waals surface area contributed by atoms with Gasteiger partial charge in [-0.25, -0.2) is 20.0 Å². The van der Waals surface area contributed by atoms with Crippen LogP contribution in [0.5, 0.6) is 0 Å². The maximum atomic E-state index is 12.7. The quantitative estimate of drug-likeness (QED) is 0.628. The first-order valence-corrected chi connectivity index (χ1v) is 9.77. The lowest BCUT2D eigenvalue weighted by Crippen LogP contribution is -2.58. The number of benzene rings is 1. The summed E-state index contributed by atoms with van der Waals surface area (Å²) < 4.78 is 10.5. The van der Waals surface area contributed by atoms with Crippen LogP contribution in [-0.2, 0) is 9.47 Å². The molecule has 8 heteroatoms. The second kappa shape index (κ2) is 10.4. The Morgan fingerprint density at radius 3 is 2.07 bits per heavy atom. The Hall–Kier alpha value is -2.58. The number of aliphatic hydroxyl groups is 2. The maximum absolute atomic E-state index is 12.7. The Kier molecular flexibility index (Phi) is 8.87. The van der Waals surface area contributed by atoms with Crippen LogP contribution in [0.4, 0.5) is 9.59 Å². The normalized spacial score (nSPS) is 14.2. The van der Waals surface area contributed by atoms with Crippen molar-refractivity contribution in [2.24, 2.45) is 0 Å². The molecular formula is C22H34N2O6. The van der Waals surface area contributed by atoms with Crippen LogP contribution >= 0.6 is 0 Å². The molecule has 2 atom stereocenters. The summed E-state index contributed by atoms with van der Waals surface area (Å²) in [5.74, 6) is 0. The van der Waals surface area contributed by atoms with E-state index in [4.69, 9.17) is 9.47 Å². The van der Waals surface area contributed by atoms with E-state index in [9.17, 15) is 19.8 Å². The molecule has 2 amide bonds. The third-order valence-corrected chi connectivity index (χ3v) is 3.68. The minimum absolute atomic E-state index is 0.631. The fourth-order valence-electron chi connectivity index (χ4n) is 2.33. The Labute approximate surface area is 178 Å². The second-order valence-electron chi connectivity index (χ2n) is 8.97. The summed E-state index contributed by atoms with van der Waals surface area (Å²) in [4.78, 5) is 24.9. The van der Waals surface area contributed by atoms with Gasteiger partial charge in [0.25, 0.3) is 0 Å². The molecule has 0 spiro atoms. The molecule has 0 aromatic heterocycles. The summed E-state index contributed by atoms with van der Waals surface area (Å²) in [6.45, 7) is 11.3. The lowest BCUT2D eigenvalue weighted by molar-refractivity contribution is -0.0343. The summed E-state index contributed by atoms with van der Waals surface area (Å²) in [6.07, 6.45) is -0.0526. The van der Waals surface area contributed by atoms with E-state index in [1.54, 1.807) is 47.6 Å². The number of carbonyl (C=O) groups is 2. The van der Waals surface area contributed by atoms with Gasteiger partial charge in [0.15, 0.2) is 0 Å². The van der Waals surface area contributed by atoms with Crippen molar-refractivity contribution in [3.8, 4) is 0 Å². The number of hydrogen-bond donors (Lipinski definition) is 3. The highest BCUT2D eigenvalue weighted by Gasteiger charge is 2.34. The van der Waals surface area contributed by atoms with Gasteiger partial charge in [0.1, 0.15) is 17.2 Å². The lowest BCUT2D eigenvalue weighted by Gasteiger charge is -2.34. The van der Waals surface area contributed by atoms with Gasteiger partial charge in [0.2, 0.25) is 0 Å². The van der Waals surface area contributed by atoms with Gasteiger partial charge in [-0.1, -0.05) is 42.0 Å². The molecule has 1 aromatic carbocycles. The highest BCUT2D eigenvalue weighted by atomic mass is 16.6. The number of rotatable bonds is 5. The molecule has 0 fully saturated rings. The van der Waals surface area contributed by atoms with E-state index in [2.05, 4.69) is 5.43 Å². The average Bonchev–Trinajstić information content (AvgIpc) is 2.58. The molecule has 0 bridgehead atoms. The van der Waals surface area contributed by atoms with E-state index in [0.717, 1.165) is 16.1 Å². The molecule has 0 saturated carbocycles. The second-order valence-corrected chi connectivity index (χ2v) is 8.97. The highest BCUT2D eigenvalue weighted by molar-refractivity contribution is 5.75. The van der Waals surface area contributed by atoms with Gasteiger partial charge in [-0.15, -0.1) is 0 Å². The molecule has 1 unspecified atom stereocenters. The monoisotopic (exact) mass is 422 g/mol. The molecule has 1 aromatic rings. The number of carbonyl (C=O) groups excluding carboxylic acids is 2. The molecule has 0 heterocycles. The Morgan fingerprint density at radius 1 is 1.07 bits per heavy atom. The standard InChI is InChI=1S/C22H34N2O6/c1-15-8-10-16(11-9-15)12-13-18(26)17(14-25)24(20(28)30-22(5,6)7)23-19(27)29-21(2,3)4/h8-13,17-18,25-26H,14H2,1-7H3,(H,23,27)/t17?,18-/m1/s1. The van der Waals surface area contributed by atoms with E-state index in [1.807, 2.05) is 31.2 Å². The largest absolute Gasteiger partial charge is 0.443 e. The summed E-state index contributed by atoms with van der Waals surface area (Å²) in [5.41, 5.74) is 2.55. The summed E-state index contributed by atoms with van der Waals surface area (Å²) in [7, 11) is 0. The van der Waals surface area contributed by atoms with Crippen molar-refractivity contribution >= 4 is 18.3 Å². The van der Waals surface area contributed by atoms with Crippen LogP contribution in [0.15, 0.2) is 30.3 Å². The van der Waals surface area contributed by atoms with Crippen LogP contribution in [0, 0.1) is 6.92 Å². The summed E-state index contributed by atoms with van der Waals surface area (Å²) in [6, 6.07) is 6.39. The predicted molar refractivity (Wildman–Crippen MR) is 115 cm³/mol. The van der Waals surface area contributed by atoms with Crippen molar-refractivity contribution in [3.63, 3.8) is 0 Å². The molecule has 30 heavy (non-hydrogen) atoms. The van der Waals surface area contributed by atoms with Crippen molar-refractivity contribution in [2.45, 2.75) is 71.8 Å². The van der Waals surface area contributed by atoms with Crippen LogP contribution in [0.1, 0.15) is 52.7 Å². The van der Waals surface area contributed by atoms with E-state index >= 15 is 0 Å². The van der Waals surface area contributed by atoms with Gasteiger partial charge in [0, 0.05) is 0 Å². The number of nitrogens with zero attached hydrogens (tertiary/aromatic N) is 1. The SMILES string of the molecule is Cc1ccc(C=C[C@@H](O)C(CO)N(NC(=O)OC(C)(C)C)C(=O)OC(C)(C)C)cc1. The van der Waals surface area contributed by atoms with Gasteiger partial charge in [0.05, 0.1) is 12.7 Å². The number of aryl methyl sites for hydroxylation is 1. The first-order valence-electron chi connectivity index (χ1n) is 9.77. The van der Waals surface area contributed by atoms with Crippen LogP contribution < -0.4 is 5.43 Å². The molecule has 1 rings (SSSR count). The molecule has 0 aliphatic rings. The molecule has 0 radical (unpaired) electrons. The summed E-state index contributed by atoms with van der Waals surface area (Å²) >= 11 is 0. The first kappa shape index (κ1) is 25.5. The topological polar surface area (TPSA) is 108 Å². The van der Waals surface area contributed by atoms with Crippen LogP contribution in [0.25, 0.3) is 6.08 Å². The van der Waals surface area contributed by atoms with Crippen molar-refractivity contribution in [2.75, 3.05) is 6.61 Å². The molecule has 0 saturated heterocycles. The van der Waals surface area contributed by atoms with E-state index < -0.39 is 42.1 Å². The Bertz CT molecular complexity index is 731. The number of hydrazine groups is 1. The van der Waals surface area contributed by atoms with Gasteiger partial charge in [-0.2, -0.15) is 0 Å². The highest BCUT2D eigenvalue weighted by Crippen LogP contribution is 2.15. The zero-order chi connectivity index (χ0) is 23.1. The maximum Gasteiger partial charge on any atom is 0.429 e. The van der Waals surface area contributed by atoms with Gasteiger partial charge in [-0.05, 0) is 54.0 Å². The number of ether oxygens (including phenoxy) is 2. The van der Waals surface area contributed by atoms with Crippen LogP contribution in [-0.4, -0.2) is 57.4 Å². The predicted octanol–water partition coefficient (Wildman–Crippen LogP) is 3.41. The van der Waals surface area contributed by atoms with E-state index in [1.165, 1.54) is 6.08 Å². The van der Waals surface area contributed by atoms with Crippen molar-refractivity contribution in [1.82, 2.24) is 10.4 Å². The summed E-state index contributed by atoms with van der Waals surface area (Å²) in [5, 5.41) is 21.2. The Morgan fingerprint density at radius 2 is 1.60 bits per heavy atom. The van der Waals surface area contributed by atoms with E-state index in [-0.39, 0.29) is 0 Å². The van der Waals surface area contributed by atoms with Gasteiger partial charge < -0.3 is 19.7 Å². The smallest absolute Gasteiger partial charge is 0.429 e. The van der Waals surface area contributed by atoms with Gasteiger partial charge in [-0.3, -0.25) is 0 Å². The molecule has 8 nitrogen and oxygen atoms in total. The zero-order valence-electron chi connectivity index (χ0n) is 18.8. The number of amides is 2. The third kappa shape index (κ3) is 9.28. The number of hydrogen-bond acceptors (Lipinski definition) is 6. The molecule has 168 valence electrons. The fourth-order valence-corrected chi connectivity index (χ4v) is 2.33. The first-order chi connectivity index (χ1) is 13.7.